The van der Waals surface area contributed by atoms with E-state index >= 15 is 0 Å². The highest BCUT2D eigenvalue weighted by Gasteiger charge is 2.12. The van der Waals surface area contributed by atoms with E-state index in [2.05, 4.69) is 22.6 Å². The molecule has 2 N–H and O–H groups in total. The highest BCUT2D eigenvalue weighted by atomic mass is 16.7. The number of hydrogen-bond acceptors (Lipinski definition) is 7. The second-order valence-electron chi connectivity index (χ2n) is 2.59. The van der Waals surface area contributed by atoms with Crippen LogP contribution in [-0.4, -0.2) is 55.4 Å². The first-order chi connectivity index (χ1) is 8.55. The number of carbonyl (C=O) groups excluding carboxylic acids is 2. The second kappa shape index (κ2) is 13.4. The minimum absolute atomic E-state index is 0.125. The normalized spacial score (nSPS) is 10.4. The largest absolute Gasteiger partial charge is 0.456 e. The van der Waals surface area contributed by atoms with Crippen molar-refractivity contribution < 1.29 is 34.0 Å². The van der Waals surface area contributed by atoms with Crippen molar-refractivity contribution in [2.45, 2.75) is 6.29 Å². The number of methoxy groups -OCH3 is 1. The SMILES string of the molecule is C=CC(=O)OCC(OC)OC(=O)C=C.OCCO. The molecule has 0 aliphatic carbocycles. The first-order valence-electron chi connectivity index (χ1n) is 4.92. The van der Waals surface area contributed by atoms with Gasteiger partial charge in [-0.1, -0.05) is 13.2 Å². The Bertz CT molecular complexity index is 260. The molecule has 7 heteroatoms. The Hall–Kier alpha value is -1.70. The second-order valence-corrected chi connectivity index (χ2v) is 2.59. The number of rotatable bonds is 7. The van der Waals surface area contributed by atoms with Gasteiger partial charge in [0.1, 0.15) is 0 Å². The van der Waals surface area contributed by atoms with E-state index in [1.165, 1.54) is 7.11 Å². The third-order valence-electron chi connectivity index (χ3n) is 1.31. The van der Waals surface area contributed by atoms with Gasteiger partial charge >= 0.3 is 11.9 Å². The van der Waals surface area contributed by atoms with Crippen LogP contribution in [-0.2, 0) is 23.8 Å². The van der Waals surface area contributed by atoms with Gasteiger partial charge in [0.05, 0.1) is 13.2 Å². The Kier molecular flexibility index (Phi) is 13.9. The van der Waals surface area contributed by atoms with E-state index in [0.717, 1.165) is 12.2 Å². The summed E-state index contributed by atoms with van der Waals surface area (Å²) in [6.07, 6.45) is 1.06. The van der Waals surface area contributed by atoms with Crippen LogP contribution in [0, 0.1) is 0 Å². The molecule has 18 heavy (non-hydrogen) atoms. The molecule has 0 fully saturated rings. The molecule has 104 valence electrons. The van der Waals surface area contributed by atoms with Gasteiger partial charge in [-0.05, 0) is 0 Å². The van der Waals surface area contributed by atoms with Crippen molar-refractivity contribution in [1.29, 1.82) is 0 Å². The monoisotopic (exact) mass is 262 g/mol. The minimum atomic E-state index is -0.926. The van der Waals surface area contributed by atoms with Crippen molar-refractivity contribution in [1.82, 2.24) is 0 Å². The number of hydrogen-bond donors (Lipinski definition) is 2. The molecule has 0 saturated carbocycles. The van der Waals surface area contributed by atoms with Crippen LogP contribution >= 0.6 is 0 Å². The highest BCUT2D eigenvalue weighted by Crippen LogP contribution is 1.96. The van der Waals surface area contributed by atoms with Crippen LogP contribution in [0.4, 0.5) is 0 Å². The van der Waals surface area contributed by atoms with Gasteiger partial charge in [-0.3, -0.25) is 0 Å². The zero-order valence-corrected chi connectivity index (χ0v) is 10.2. The van der Waals surface area contributed by atoms with E-state index in [-0.39, 0.29) is 19.8 Å². The molecule has 1 unspecified atom stereocenters. The fraction of sp³-hybridized carbons (Fsp3) is 0.455. The third kappa shape index (κ3) is 12.4. The predicted octanol–water partition coefficient (Wildman–Crippen LogP) is -0.612. The Labute approximate surface area is 105 Å². The quantitative estimate of drug-likeness (QED) is 0.358. The van der Waals surface area contributed by atoms with E-state index in [0.29, 0.717) is 0 Å². The number of aliphatic hydroxyl groups is 2. The maximum Gasteiger partial charge on any atom is 0.332 e. The summed E-state index contributed by atoms with van der Waals surface area (Å²) in [5.74, 6) is -1.26. The van der Waals surface area contributed by atoms with Crippen LogP contribution in [0.15, 0.2) is 25.3 Å². The molecule has 0 radical (unpaired) electrons. The van der Waals surface area contributed by atoms with Gasteiger partial charge in [-0.25, -0.2) is 9.59 Å². The van der Waals surface area contributed by atoms with Crippen LogP contribution < -0.4 is 0 Å². The topological polar surface area (TPSA) is 102 Å². The maximum absolute atomic E-state index is 10.7. The van der Waals surface area contributed by atoms with Gasteiger partial charge in [-0.15, -0.1) is 0 Å². The molecule has 0 saturated heterocycles. The van der Waals surface area contributed by atoms with E-state index < -0.39 is 18.2 Å². The average molecular weight is 262 g/mol. The molecule has 0 aliphatic rings. The molecule has 0 rings (SSSR count). The molecular weight excluding hydrogens is 244 g/mol. The molecule has 0 aromatic carbocycles. The lowest BCUT2D eigenvalue weighted by molar-refractivity contribution is -0.182. The van der Waals surface area contributed by atoms with Crippen molar-refractivity contribution in [3.63, 3.8) is 0 Å². The van der Waals surface area contributed by atoms with Crippen LogP contribution in [0.25, 0.3) is 0 Å². The Morgan fingerprint density at radius 3 is 2.00 bits per heavy atom. The van der Waals surface area contributed by atoms with Gasteiger partial charge in [0, 0.05) is 19.3 Å². The maximum atomic E-state index is 10.7. The summed E-state index contributed by atoms with van der Waals surface area (Å²) in [6, 6.07) is 0. The Morgan fingerprint density at radius 1 is 1.17 bits per heavy atom. The lowest BCUT2D eigenvalue weighted by Crippen LogP contribution is -2.25. The summed E-state index contributed by atoms with van der Waals surface area (Å²) in [6.45, 7) is 5.98. The first-order valence-corrected chi connectivity index (χ1v) is 4.92. The molecule has 0 aliphatic heterocycles. The smallest absolute Gasteiger partial charge is 0.332 e. The average Bonchev–Trinajstić information content (AvgIpc) is 2.42. The molecule has 0 aromatic rings. The van der Waals surface area contributed by atoms with E-state index in [1.807, 2.05) is 0 Å². The number of aliphatic hydroxyl groups excluding tert-OH is 2. The summed E-state index contributed by atoms with van der Waals surface area (Å²) in [4.78, 5) is 21.3. The molecule has 0 spiro atoms. The van der Waals surface area contributed by atoms with Crippen LogP contribution in [0.3, 0.4) is 0 Å². The van der Waals surface area contributed by atoms with Gasteiger partial charge in [0.15, 0.2) is 6.61 Å². The van der Waals surface area contributed by atoms with Crippen molar-refractivity contribution in [2.75, 3.05) is 26.9 Å². The molecule has 0 heterocycles. The molecule has 7 nitrogen and oxygen atoms in total. The van der Waals surface area contributed by atoms with Crippen LogP contribution in [0.1, 0.15) is 0 Å². The molecular formula is C11H18O7. The first kappa shape index (κ1) is 18.7. The summed E-state index contributed by atoms with van der Waals surface area (Å²) in [5, 5.41) is 15.2. The third-order valence-corrected chi connectivity index (χ3v) is 1.31. The summed E-state index contributed by atoms with van der Waals surface area (Å²) in [5.41, 5.74) is 0. The van der Waals surface area contributed by atoms with Gasteiger partial charge in [0.25, 0.3) is 0 Å². The molecule has 0 aromatic heterocycles. The summed E-state index contributed by atoms with van der Waals surface area (Å²) in [7, 11) is 1.32. The fourth-order valence-electron chi connectivity index (χ4n) is 0.537. The molecule has 1 atom stereocenters. The van der Waals surface area contributed by atoms with Crippen molar-refractivity contribution in [3.05, 3.63) is 25.3 Å². The van der Waals surface area contributed by atoms with Gasteiger partial charge in [0.2, 0.25) is 6.29 Å². The Morgan fingerprint density at radius 2 is 1.67 bits per heavy atom. The van der Waals surface area contributed by atoms with Gasteiger partial charge in [-0.2, -0.15) is 0 Å². The minimum Gasteiger partial charge on any atom is -0.456 e. The zero-order chi connectivity index (χ0) is 14.4. The van der Waals surface area contributed by atoms with Crippen molar-refractivity contribution in [3.8, 4) is 0 Å². The van der Waals surface area contributed by atoms with Crippen molar-refractivity contribution >= 4 is 11.9 Å². The summed E-state index contributed by atoms with van der Waals surface area (Å²) >= 11 is 0. The number of carbonyl (C=O) groups is 2. The number of esters is 2. The zero-order valence-electron chi connectivity index (χ0n) is 10.2. The lowest BCUT2D eigenvalue weighted by Gasteiger charge is -2.14. The van der Waals surface area contributed by atoms with E-state index in [9.17, 15) is 9.59 Å². The standard InChI is InChI=1S/C9H12O5.C2H6O2/c1-4-7(10)13-6-9(12-3)14-8(11)5-2;3-1-2-4/h4-5,9H,1-2,6H2,3H3;3-4H,1-2H2. The van der Waals surface area contributed by atoms with E-state index in [1.54, 1.807) is 0 Å². The van der Waals surface area contributed by atoms with Crippen LogP contribution in [0.2, 0.25) is 0 Å². The Balaban J connectivity index is 0. The highest BCUT2D eigenvalue weighted by molar-refractivity contribution is 5.82. The van der Waals surface area contributed by atoms with Crippen LogP contribution in [0.5, 0.6) is 0 Å². The van der Waals surface area contributed by atoms with Crippen molar-refractivity contribution in [2.24, 2.45) is 0 Å². The lowest BCUT2D eigenvalue weighted by atomic mass is 10.6. The number of ether oxygens (including phenoxy) is 3. The van der Waals surface area contributed by atoms with Gasteiger partial charge < -0.3 is 24.4 Å². The van der Waals surface area contributed by atoms with E-state index in [4.69, 9.17) is 14.9 Å². The summed E-state index contributed by atoms with van der Waals surface area (Å²) < 4.78 is 14.0. The fourth-order valence-corrected chi connectivity index (χ4v) is 0.537. The molecule has 0 amide bonds. The molecule has 0 bridgehead atoms. The predicted molar refractivity (Wildman–Crippen MR) is 62.4 cm³/mol.